The molecule has 0 aromatic heterocycles. The van der Waals surface area contributed by atoms with Gasteiger partial charge in [0, 0.05) is 0 Å². The van der Waals surface area contributed by atoms with Gasteiger partial charge in [0.05, 0.1) is 12.7 Å². The molecular weight excluding hydrogens is 184 g/mol. The molecule has 0 radical (unpaired) electrons. The van der Waals surface area contributed by atoms with Crippen LogP contribution in [0.25, 0.3) is 0 Å². The third-order valence-electron chi connectivity index (χ3n) is 2.00. The fraction of sp³-hybridized carbons (Fsp3) is 0.900. The molecule has 84 valence electrons. The van der Waals surface area contributed by atoms with Crippen molar-refractivity contribution in [1.29, 1.82) is 0 Å². The van der Waals surface area contributed by atoms with Gasteiger partial charge >= 0.3 is 5.97 Å². The number of ether oxygens (including phenoxy) is 1. The van der Waals surface area contributed by atoms with Crippen LogP contribution in [-0.2, 0) is 9.53 Å². The minimum absolute atomic E-state index is 0.220. The van der Waals surface area contributed by atoms with E-state index in [-0.39, 0.29) is 6.61 Å². The standard InChI is InChI=1S/C10H20O4/c1-3-5-6-7-8(11)9(12)10(13)14-4-2/h8-9,11-12H,3-7H2,1-2H3/t8-,9+/m0/s1. The molecule has 0 aliphatic carbocycles. The third kappa shape index (κ3) is 5.19. The van der Waals surface area contributed by atoms with Crippen molar-refractivity contribution in [1.82, 2.24) is 0 Å². The van der Waals surface area contributed by atoms with Gasteiger partial charge in [-0.25, -0.2) is 4.79 Å². The molecule has 0 rings (SSSR count). The molecule has 0 aliphatic heterocycles. The fourth-order valence-electron chi connectivity index (χ4n) is 1.15. The van der Waals surface area contributed by atoms with Crippen LogP contribution in [0.3, 0.4) is 0 Å². The minimum atomic E-state index is -1.40. The molecule has 0 aromatic carbocycles. The Balaban J connectivity index is 3.74. The monoisotopic (exact) mass is 204 g/mol. The maximum Gasteiger partial charge on any atom is 0.337 e. The van der Waals surface area contributed by atoms with E-state index in [0.29, 0.717) is 6.42 Å². The molecule has 14 heavy (non-hydrogen) atoms. The van der Waals surface area contributed by atoms with Crippen molar-refractivity contribution in [2.75, 3.05) is 6.61 Å². The second-order valence-electron chi connectivity index (χ2n) is 3.26. The van der Waals surface area contributed by atoms with Crippen molar-refractivity contribution in [3.05, 3.63) is 0 Å². The highest BCUT2D eigenvalue weighted by molar-refractivity contribution is 5.75. The summed E-state index contributed by atoms with van der Waals surface area (Å²) in [6.45, 7) is 3.93. The SMILES string of the molecule is CCCCC[C@H](O)[C@@H](O)C(=O)OCC. The van der Waals surface area contributed by atoms with Crippen LogP contribution in [-0.4, -0.2) is 35.0 Å². The Kier molecular flexibility index (Phi) is 7.42. The van der Waals surface area contributed by atoms with Crippen molar-refractivity contribution >= 4 is 5.97 Å². The molecule has 2 N–H and O–H groups in total. The van der Waals surface area contributed by atoms with Gasteiger partial charge in [0.15, 0.2) is 6.10 Å². The summed E-state index contributed by atoms with van der Waals surface area (Å²) in [5, 5.41) is 18.7. The lowest BCUT2D eigenvalue weighted by atomic mass is 10.1. The predicted molar refractivity (Wildman–Crippen MR) is 52.8 cm³/mol. The van der Waals surface area contributed by atoms with E-state index in [1.54, 1.807) is 6.92 Å². The van der Waals surface area contributed by atoms with E-state index in [1.165, 1.54) is 0 Å². The summed E-state index contributed by atoms with van der Waals surface area (Å²) in [5.41, 5.74) is 0. The van der Waals surface area contributed by atoms with E-state index >= 15 is 0 Å². The molecule has 4 nitrogen and oxygen atoms in total. The Morgan fingerprint density at radius 3 is 2.43 bits per heavy atom. The summed E-state index contributed by atoms with van der Waals surface area (Å²) in [6, 6.07) is 0. The number of aliphatic hydroxyl groups is 2. The van der Waals surface area contributed by atoms with Crippen LogP contribution in [0.15, 0.2) is 0 Å². The van der Waals surface area contributed by atoms with Crippen molar-refractivity contribution in [2.45, 2.75) is 51.7 Å². The van der Waals surface area contributed by atoms with E-state index in [2.05, 4.69) is 4.74 Å². The smallest absolute Gasteiger partial charge is 0.337 e. The summed E-state index contributed by atoms with van der Waals surface area (Å²) >= 11 is 0. The molecule has 0 saturated heterocycles. The molecule has 2 atom stereocenters. The maximum absolute atomic E-state index is 11.0. The number of aliphatic hydroxyl groups excluding tert-OH is 2. The number of hydrogen-bond acceptors (Lipinski definition) is 4. The van der Waals surface area contributed by atoms with Gasteiger partial charge in [0.25, 0.3) is 0 Å². The number of carbonyl (C=O) groups excluding carboxylic acids is 1. The van der Waals surface area contributed by atoms with Crippen molar-refractivity contribution in [3.8, 4) is 0 Å². The summed E-state index contributed by atoms with van der Waals surface area (Å²) < 4.78 is 4.58. The zero-order chi connectivity index (χ0) is 11.0. The van der Waals surface area contributed by atoms with E-state index in [4.69, 9.17) is 0 Å². The molecule has 0 heterocycles. The average molecular weight is 204 g/mol. The summed E-state index contributed by atoms with van der Waals surface area (Å²) in [4.78, 5) is 11.0. The molecule has 0 amide bonds. The first-order valence-electron chi connectivity index (χ1n) is 5.16. The highest BCUT2D eigenvalue weighted by Crippen LogP contribution is 2.07. The number of hydrogen-bond donors (Lipinski definition) is 2. The lowest BCUT2D eigenvalue weighted by Gasteiger charge is -2.15. The number of rotatable bonds is 7. The van der Waals surface area contributed by atoms with E-state index < -0.39 is 18.2 Å². The summed E-state index contributed by atoms with van der Waals surface area (Å²) in [7, 11) is 0. The topological polar surface area (TPSA) is 66.8 Å². The van der Waals surface area contributed by atoms with Crippen LogP contribution in [0.2, 0.25) is 0 Å². The molecule has 0 unspecified atom stereocenters. The van der Waals surface area contributed by atoms with Gasteiger partial charge in [0.2, 0.25) is 0 Å². The van der Waals surface area contributed by atoms with E-state index in [0.717, 1.165) is 19.3 Å². The van der Waals surface area contributed by atoms with Gasteiger partial charge < -0.3 is 14.9 Å². The quantitative estimate of drug-likeness (QED) is 0.476. The first kappa shape index (κ1) is 13.4. The number of unbranched alkanes of at least 4 members (excludes halogenated alkanes) is 2. The van der Waals surface area contributed by atoms with E-state index in [9.17, 15) is 15.0 Å². The normalized spacial score (nSPS) is 14.9. The molecule has 0 aliphatic rings. The van der Waals surface area contributed by atoms with Crippen LogP contribution in [0.5, 0.6) is 0 Å². The Morgan fingerprint density at radius 1 is 1.29 bits per heavy atom. The second-order valence-corrected chi connectivity index (χ2v) is 3.26. The zero-order valence-corrected chi connectivity index (χ0v) is 8.90. The Labute approximate surface area is 84.9 Å². The summed E-state index contributed by atoms with van der Waals surface area (Å²) in [5.74, 6) is -0.739. The lowest BCUT2D eigenvalue weighted by molar-refractivity contribution is -0.159. The van der Waals surface area contributed by atoms with Crippen LogP contribution in [0.1, 0.15) is 39.5 Å². The number of esters is 1. The lowest BCUT2D eigenvalue weighted by Crippen LogP contribution is -2.35. The molecule has 0 aromatic rings. The number of carbonyl (C=O) groups is 1. The minimum Gasteiger partial charge on any atom is -0.464 e. The molecule has 0 fully saturated rings. The van der Waals surface area contributed by atoms with Gasteiger partial charge in [-0.15, -0.1) is 0 Å². The Hall–Kier alpha value is -0.610. The molecule has 0 bridgehead atoms. The van der Waals surface area contributed by atoms with Crippen LogP contribution < -0.4 is 0 Å². The van der Waals surface area contributed by atoms with E-state index in [1.807, 2.05) is 6.92 Å². The molecule has 0 spiro atoms. The van der Waals surface area contributed by atoms with Gasteiger partial charge in [-0.05, 0) is 13.3 Å². The highest BCUT2D eigenvalue weighted by atomic mass is 16.5. The fourth-order valence-corrected chi connectivity index (χ4v) is 1.15. The Morgan fingerprint density at radius 2 is 1.93 bits per heavy atom. The van der Waals surface area contributed by atoms with Crippen molar-refractivity contribution < 1.29 is 19.7 Å². The maximum atomic E-state index is 11.0. The largest absolute Gasteiger partial charge is 0.464 e. The van der Waals surface area contributed by atoms with Crippen LogP contribution in [0, 0.1) is 0 Å². The van der Waals surface area contributed by atoms with Gasteiger partial charge in [0.1, 0.15) is 0 Å². The summed E-state index contributed by atoms with van der Waals surface area (Å²) in [6.07, 6.45) is 0.893. The van der Waals surface area contributed by atoms with Crippen molar-refractivity contribution in [2.24, 2.45) is 0 Å². The average Bonchev–Trinajstić information content (AvgIpc) is 2.17. The predicted octanol–water partition coefficient (Wildman–Crippen LogP) is 0.852. The van der Waals surface area contributed by atoms with Crippen molar-refractivity contribution in [3.63, 3.8) is 0 Å². The Bertz CT molecular complexity index is 158. The van der Waals surface area contributed by atoms with Gasteiger partial charge in [-0.3, -0.25) is 0 Å². The molecule has 0 saturated carbocycles. The first-order valence-corrected chi connectivity index (χ1v) is 5.16. The van der Waals surface area contributed by atoms with Crippen LogP contribution in [0.4, 0.5) is 0 Å². The second kappa shape index (κ2) is 7.76. The van der Waals surface area contributed by atoms with Crippen LogP contribution >= 0.6 is 0 Å². The first-order chi connectivity index (χ1) is 6.63. The zero-order valence-electron chi connectivity index (χ0n) is 8.90. The van der Waals surface area contributed by atoms with Gasteiger partial charge in [-0.2, -0.15) is 0 Å². The van der Waals surface area contributed by atoms with Gasteiger partial charge in [-0.1, -0.05) is 26.2 Å². The highest BCUT2D eigenvalue weighted by Gasteiger charge is 2.24. The molecular formula is C10H20O4. The molecule has 4 heteroatoms. The third-order valence-corrected chi connectivity index (χ3v) is 2.00.